The molecular weight excluding hydrogens is 332 g/mol. The molecule has 0 fully saturated rings. The second kappa shape index (κ2) is 6.33. The van der Waals surface area contributed by atoms with Crippen molar-refractivity contribution in [3.63, 3.8) is 0 Å². The molecular formula is C20H18N2O2S. The molecule has 4 nitrogen and oxygen atoms in total. The molecule has 0 saturated carbocycles. The van der Waals surface area contributed by atoms with Gasteiger partial charge in [-0.2, -0.15) is 0 Å². The Bertz CT molecular complexity index is 962. The number of rotatable bonds is 3. The van der Waals surface area contributed by atoms with E-state index in [0.29, 0.717) is 10.7 Å². The Kier molecular flexibility index (Phi) is 4.01. The van der Waals surface area contributed by atoms with Crippen LogP contribution in [-0.2, 0) is 6.42 Å². The summed E-state index contributed by atoms with van der Waals surface area (Å²) in [5.41, 5.74) is 5.92. The van der Waals surface area contributed by atoms with Gasteiger partial charge in [0.2, 0.25) is 0 Å². The lowest BCUT2D eigenvalue weighted by Gasteiger charge is -2.06. The fourth-order valence-corrected chi connectivity index (χ4v) is 3.76. The molecule has 3 aromatic rings. The van der Waals surface area contributed by atoms with Gasteiger partial charge in [-0.25, -0.2) is 4.98 Å². The summed E-state index contributed by atoms with van der Waals surface area (Å²) in [4.78, 5) is 17.0. The van der Waals surface area contributed by atoms with Crippen LogP contribution < -0.4 is 10.1 Å². The van der Waals surface area contributed by atoms with Crippen molar-refractivity contribution in [2.45, 2.75) is 20.3 Å². The minimum atomic E-state index is -0.124. The number of aromatic nitrogens is 1. The molecule has 5 heteroatoms. The number of nitrogens with zero attached hydrogens (tertiary/aromatic N) is 1. The maximum atomic E-state index is 12.5. The molecule has 0 unspecified atom stereocenters. The average molecular weight is 350 g/mol. The second-order valence-electron chi connectivity index (χ2n) is 6.23. The highest BCUT2D eigenvalue weighted by Gasteiger charge is 2.15. The fraction of sp³-hybridized carbons (Fsp3) is 0.200. The van der Waals surface area contributed by atoms with Crippen LogP contribution in [0.5, 0.6) is 5.75 Å². The lowest BCUT2D eigenvalue weighted by Crippen LogP contribution is -2.13. The molecule has 4 rings (SSSR count). The van der Waals surface area contributed by atoms with Gasteiger partial charge in [-0.15, -0.1) is 11.3 Å². The van der Waals surface area contributed by atoms with Gasteiger partial charge in [-0.1, -0.05) is 17.7 Å². The van der Waals surface area contributed by atoms with E-state index in [-0.39, 0.29) is 5.91 Å². The Hall–Kier alpha value is -2.66. The molecule has 1 amide bonds. The first-order valence-corrected chi connectivity index (χ1v) is 9.08. The van der Waals surface area contributed by atoms with E-state index in [1.807, 2.05) is 49.6 Å². The zero-order valence-corrected chi connectivity index (χ0v) is 14.9. The molecule has 2 aromatic carbocycles. The highest BCUT2D eigenvalue weighted by molar-refractivity contribution is 7.14. The minimum Gasteiger partial charge on any atom is -0.493 e. The van der Waals surface area contributed by atoms with Crippen LogP contribution in [0, 0.1) is 13.8 Å². The van der Waals surface area contributed by atoms with E-state index in [4.69, 9.17) is 4.74 Å². The second-order valence-corrected chi connectivity index (χ2v) is 7.09. The van der Waals surface area contributed by atoms with Gasteiger partial charge in [0.25, 0.3) is 5.91 Å². The molecule has 1 N–H and O–H groups in total. The van der Waals surface area contributed by atoms with Crippen LogP contribution >= 0.6 is 11.3 Å². The lowest BCUT2D eigenvalue weighted by molar-refractivity contribution is 0.102. The fourth-order valence-electron chi connectivity index (χ4n) is 3.04. The molecule has 0 aliphatic carbocycles. The number of carbonyl (C=O) groups excluding carboxylic acids is 1. The number of benzene rings is 2. The third-order valence-electron chi connectivity index (χ3n) is 4.34. The summed E-state index contributed by atoms with van der Waals surface area (Å²) in [5, 5.41) is 5.48. The van der Waals surface area contributed by atoms with E-state index < -0.39 is 0 Å². The summed E-state index contributed by atoms with van der Waals surface area (Å²) in [6.45, 7) is 4.71. The van der Waals surface area contributed by atoms with Gasteiger partial charge in [0.05, 0.1) is 12.3 Å². The van der Waals surface area contributed by atoms with Gasteiger partial charge in [0, 0.05) is 22.9 Å². The molecule has 1 aromatic heterocycles. The van der Waals surface area contributed by atoms with Crippen molar-refractivity contribution in [2.24, 2.45) is 0 Å². The normalized spacial score (nSPS) is 12.6. The molecule has 0 saturated heterocycles. The molecule has 1 aliphatic rings. The quantitative estimate of drug-likeness (QED) is 0.750. The van der Waals surface area contributed by atoms with Gasteiger partial charge >= 0.3 is 0 Å². The van der Waals surface area contributed by atoms with Crippen LogP contribution in [0.2, 0.25) is 0 Å². The van der Waals surface area contributed by atoms with Gasteiger partial charge in [0.1, 0.15) is 5.75 Å². The topological polar surface area (TPSA) is 51.2 Å². The molecule has 0 spiro atoms. The SMILES string of the molecule is Cc1ccc(C(=O)Nc2nc(-c3ccc4c(c3)CCO4)cs2)c(C)c1. The van der Waals surface area contributed by atoms with Crippen LogP contribution in [-0.4, -0.2) is 17.5 Å². The number of carbonyl (C=O) groups is 1. The summed E-state index contributed by atoms with van der Waals surface area (Å²) in [6, 6.07) is 11.9. The van der Waals surface area contributed by atoms with Crippen molar-refractivity contribution in [1.82, 2.24) is 4.98 Å². The van der Waals surface area contributed by atoms with E-state index in [9.17, 15) is 4.79 Å². The van der Waals surface area contributed by atoms with Crippen molar-refractivity contribution >= 4 is 22.4 Å². The van der Waals surface area contributed by atoms with Crippen molar-refractivity contribution in [1.29, 1.82) is 0 Å². The van der Waals surface area contributed by atoms with Crippen LogP contribution in [0.15, 0.2) is 41.8 Å². The maximum absolute atomic E-state index is 12.5. The highest BCUT2D eigenvalue weighted by Crippen LogP contribution is 2.32. The summed E-state index contributed by atoms with van der Waals surface area (Å²) < 4.78 is 5.54. The summed E-state index contributed by atoms with van der Waals surface area (Å²) in [6.07, 6.45) is 0.934. The number of hydrogen-bond acceptors (Lipinski definition) is 4. The van der Waals surface area contributed by atoms with Gasteiger partial charge in [-0.05, 0) is 49.2 Å². The zero-order chi connectivity index (χ0) is 17.4. The summed E-state index contributed by atoms with van der Waals surface area (Å²) >= 11 is 1.44. The Morgan fingerprint density at radius 1 is 1.20 bits per heavy atom. The molecule has 25 heavy (non-hydrogen) atoms. The average Bonchev–Trinajstić information content (AvgIpc) is 3.22. The smallest absolute Gasteiger partial charge is 0.257 e. The molecule has 0 bridgehead atoms. The lowest BCUT2D eigenvalue weighted by atomic mass is 10.1. The Labute approximate surface area is 150 Å². The summed E-state index contributed by atoms with van der Waals surface area (Å²) in [7, 11) is 0. The first-order chi connectivity index (χ1) is 12.1. The molecule has 0 atom stereocenters. The van der Waals surface area contributed by atoms with Crippen LogP contribution in [0.1, 0.15) is 27.0 Å². The number of anilines is 1. The van der Waals surface area contributed by atoms with Crippen molar-refractivity contribution < 1.29 is 9.53 Å². The minimum absolute atomic E-state index is 0.124. The molecule has 0 radical (unpaired) electrons. The third-order valence-corrected chi connectivity index (χ3v) is 5.09. The van der Waals surface area contributed by atoms with Crippen molar-refractivity contribution in [3.05, 3.63) is 64.0 Å². The third kappa shape index (κ3) is 3.15. The highest BCUT2D eigenvalue weighted by atomic mass is 32.1. The molecule has 126 valence electrons. The Morgan fingerprint density at radius 3 is 2.92 bits per heavy atom. The Morgan fingerprint density at radius 2 is 2.08 bits per heavy atom. The van der Waals surface area contributed by atoms with Crippen LogP contribution in [0.3, 0.4) is 0 Å². The summed E-state index contributed by atoms with van der Waals surface area (Å²) in [5.74, 6) is 0.836. The van der Waals surface area contributed by atoms with E-state index in [1.54, 1.807) is 0 Å². The van der Waals surface area contributed by atoms with Gasteiger partial charge in [0.15, 0.2) is 5.13 Å². The maximum Gasteiger partial charge on any atom is 0.257 e. The first kappa shape index (κ1) is 15.8. The molecule has 1 aliphatic heterocycles. The number of fused-ring (bicyclic) bond motifs is 1. The number of thiazole rings is 1. The Balaban J connectivity index is 1.54. The molecule has 2 heterocycles. The van der Waals surface area contributed by atoms with Crippen molar-refractivity contribution in [3.8, 4) is 17.0 Å². The van der Waals surface area contributed by atoms with Gasteiger partial charge in [-0.3, -0.25) is 10.1 Å². The van der Waals surface area contributed by atoms with Crippen molar-refractivity contribution in [2.75, 3.05) is 11.9 Å². The standard InChI is InChI=1S/C20H18N2O2S/c1-12-3-5-16(13(2)9-12)19(23)22-20-21-17(11-25-20)14-4-6-18-15(10-14)7-8-24-18/h3-6,9-11H,7-8H2,1-2H3,(H,21,22,23). The van der Waals surface area contributed by atoms with E-state index in [0.717, 1.165) is 41.2 Å². The van der Waals surface area contributed by atoms with Crippen LogP contribution in [0.4, 0.5) is 5.13 Å². The number of ether oxygens (including phenoxy) is 1. The predicted molar refractivity (Wildman–Crippen MR) is 101 cm³/mol. The number of amides is 1. The predicted octanol–water partition coefficient (Wildman–Crippen LogP) is 4.61. The monoisotopic (exact) mass is 350 g/mol. The number of hydrogen-bond donors (Lipinski definition) is 1. The zero-order valence-electron chi connectivity index (χ0n) is 14.1. The number of aryl methyl sites for hydroxylation is 2. The number of nitrogens with one attached hydrogen (secondary N) is 1. The largest absolute Gasteiger partial charge is 0.493 e. The van der Waals surface area contributed by atoms with Gasteiger partial charge < -0.3 is 4.74 Å². The van der Waals surface area contributed by atoms with E-state index >= 15 is 0 Å². The van der Waals surface area contributed by atoms with E-state index in [2.05, 4.69) is 16.4 Å². The van der Waals surface area contributed by atoms with Crippen LogP contribution in [0.25, 0.3) is 11.3 Å². The first-order valence-electron chi connectivity index (χ1n) is 8.20. The van der Waals surface area contributed by atoms with E-state index in [1.165, 1.54) is 16.9 Å².